The summed E-state index contributed by atoms with van der Waals surface area (Å²) in [6, 6.07) is 3.89. The Kier molecular flexibility index (Phi) is 3.22. The van der Waals surface area contributed by atoms with Crippen molar-refractivity contribution in [1.29, 1.82) is 0 Å². The van der Waals surface area contributed by atoms with Gasteiger partial charge in [-0.3, -0.25) is 10.1 Å². The average molecular weight is 214 g/mol. The summed E-state index contributed by atoms with van der Waals surface area (Å²) in [6.07, 6.45) is 0.271. The molecular weight excluding hydrogens is 206 g/mol. The van der Waals surface area contributed by atoms with E-state index in [9.17, 15) is 15.2 Å². The van der Waals surface area contributed by atoms with Crippen molar-refractivity contribution in [3.8, 4) is 0 Å². The van der Waals surface area contributed by atoms with Crippen LogP contribution < -0.4 is 0 Å². The van der Waals surface area contributed by atoms with Crippen LogP contribution in [0.1, 0.15) is 11.7 Å². The van der Waals surface area contributed by atoms with Gasteiger partial charge in [-0.05, 0) is 6.07 Å². The predicted octanol–water partition coefficient (Wildman–Crippen LogP) is 2.47. The SMILES string of the molecule is C=CC(O)c1cc([N+](=O)[O-])ccc1Cl. The van der Waals surface area contributed by atoms with Gasteiger partial charge >= 0.3 is 0 Å². The highest BCUT2D eigenvalue weighted by Gasteiger charge is 2.13. The molecule has 0 spiro atoms. The quantitative estimate of drug-likeness (QED) is 0.477. The number of aliphatic hydroxyl groups excluding tert-OH is 1. The lowest BCUT2D eigenvalue weighted by molar-refractivity contribution is -0.385. The first-order valence-corrected chi connectivity index (χ1v) is 4.18. The van der Waals surface area contributed by atoms with E-state index < -0.39 is 11.0 Å². The van der Waals surface area contributed by atoms with Crippen LogP contribution in [0, 0.1) is 10.1 Å². The molecule has 0 fully saturated rings. The van der Waals surface area contributed by atoms with Crippen molar-refractivity contribution in [2.45, 2.75) is 6.10 Å². The number of non-ortho nitro benzene ring substituents is 1. The molecule has 1 aromatic carbocycles. The summed E-state index contributed by atoms with van der Waals surface area (Å²) in [5.74, 6) is 0. The third-order valence-electron chi connectivity index (χ3n) is 1.73. The highest BCUT2D eigenvalue weighted by Crippen LogP contribution is 2.27. The Hall–Kier alpha value is -1.39. The van der Waals surface area contributed by atoms with Crippen LogP contribution in [0.25, 0.3) is 0 Å². The molecule has 0 aliphatic rings. The summed E-state index contributed by atoms with van der Waals surface area (Å²) in [7, 11) is 0. The van der Waals surface area contributed by atoms with E-state index in [0.29, 0.717) is 0 Å². The summed E-state index contributed by atoms with van der Waals surface area (Å²) < 4.78 is 0. The van der Waals surface area contributed by atoms with Crippen LogP contribution in [0.3, 0.4) is 0 Å². The molecule has 14 heavy (non-hydrogen) atoms. The minimum atomic E-state index is -0.984. The number of aliphatic hydroxyl groups is 1. The van der Waals surface area contributed by atoms with E-state index in [1.807, 2.05) is 0 Å². The average Bonchev–Trinajstić information content (AvgIpc) is 2.17. The number of rotatable bonds is 3. The van der Waals surface area contributed by atoms with E-state index in [1.165, 1.54) is 24.3 Å². The Labute approximate surface area is 85.6 Å². The van der Waals surface area contributed by atoms with Crippen molar-refractivity contribution in [1.82, 2.24) is 0 Å². The van der Waals surface area contributed by atoms with Gasteiger partial charge in [-0.1, -0.05) is 17.7 Å². The van der Waals surface area contributed by atoms with Crippen molar-refractivity contribution in [2.24, 2.45) is 0 Å². The molecule has 0 aromatic heterocycles. The van der Waals surface area contributed by atoms with Crippen molar-refractivity contribution in [3.63, 3.8) is 0 Å². The fraction of sp³-hybridized carbons (Fsp3) is 0.111. The first kappa shape index (κ1) is 10.7. The molecule has 0 heterocycles. The third-order valence-corrected chi connectivity index (χ3v) is 2.08. The molecular formula is C9H8ClNO3. The Balaban J connectivity index is 3.20. The third kappa shape index (κ3) is 2.10. The Morgan fingerprint density at radius 1 is 1.64 bits per heavy atom. The molecule has 74 valence electrons. The molecule has 0 amide bonds. The van der Waals surface area contributed by atoms with Crippen molar-refractivity contribution >= 4 is 17.3 Å². The molecule has 1 aromatic rings. The Bertz CT molecular complexity index is 378. The number of nitro benzene ring substituents is 1. The Morgan fingerprint density at radius 2 is 2.29 bits per heavy atom. The second-order valence-corrected chi connectivity index (χ2v) is 3.05. The van der Waals surface area contributed by atoms with Gasteiger partial charge in [0.05, 0.1) is 11.0 Å². The molecule has 5 heteroatoms. The lowest BCUT2D eigenvalue weighted by Gasteiger charge is -2.06. The van der Waals surface area contributed by atoms with Gasteiger partial charge in [-0.2, -0.15) is 0 Å². The highest BCUT2D eigenvalue weighted by molar-refractivity contribution is 6.31. The van der Waals surface area contributed by atoms with Crippen LogP contribution in [-0.2, 0) is 0 Å². The van der Waals surface area contributed by atoms with Crippen LogP contribution in [-0.4, -0.2) is 10.0 Å². The second-order valence-electron chi connectivity index (χ2n) is 2.64. The number of hydrogen-bond acceptors (Lipinski definition) is 3. The molecule has 1 rings (SSSR count). The first-order chi connectivity index (χ1) is 6.56. The zero-order valence-corrected chi connectivity index (χ0v) is 7.94. The largest absolute Gasteiger partial charge is 0.384 e. The van der Waals surface area contributed by atoms with E-state index in [4.69, 9.17) is 11.6 Å². The van der Waals surface area contributed by atoms with Crippen LogP contribution in [0.2, 0.25) is 5.02 Å². The van der Waals surface area contributed by atoms with Crippen LogP contribution >= 0.6 is 11.6 Å². The topological polar surface area (TPSA) is 63.4 Å². The first-order valence-electron chi connectivity index (χ1n) is 3.80. The van der Waals surface area contributed by atoms with Crippen LogP contribution in [0.15, 0.2) is 30.9 Å². The molecule has 0 saturated carbocycles. The lowest BCUT2D eigenvalue weighted by atomic mass is 10.1. The maximum Gasteiger partial charge on any atom is 0.269 e. The van der Waals surface area contributed by atoms with E-state index in [0.717, 1.165) is 0 Å². The van der Waals surface area contributed by atoms with Crippen molar-refractivity contribution in [3.05, 3.63) is 51.6 Å². The van der Waals surface area contributed by atoms with Crippen LogP contribution in [0.5, 0.6) is 0 Å². The second kappa shape index (κ2) is 4.21. The smallest absolute Gasteiger partial charge is 0.269 e. The van der Waals surface area contributed by atoms with Gasteiger partial charge in [-0.25, -0.2) is 0 Å². The maximum atomic E-state index is 10.4. The number of nitrogens with zero attached hydrogens (tertiary/aromatic N) is 1. The summed E-state index contributed by atoms with van der Waals surface area (Å²) in [5, 5.41) is 20.1. The molecule has 1 unspecified atom stereocenters. The van der Waals surface area contributed by atoms with E-state index in [2.05, 4.69) is 6.58 Å². The van der Waals surface area contributed by atoms with Gasteiger partial charge in [0.2, 0.25) is 0 Å². The minimum Gasteiger partial charge on any atom is -0.384 e. The van der Waals surface area contributed by atoms with Crippen molar-refractivity contribution in [2.75, 3.05) is 0 Å². The van der Waals surface area contributed by atoms with Gasteiger partial charge in [0.1, 0.15) is 0 Å². The van der Waals surface area contributed by atoms with Gasteiger partial charge in [0, 0.05) is 22.7 Å². The molecule has 4 nitrogen and oxygen atoms in total. The fourth-order valence-corrected chi connectivity index (χ4v) is 1.23. The molecule has 0 saturated heterocycles. The molecule has 0 radical (unpaired) electrons. The van der Waals surface area contributed by atoms with E-state index in [-0.39, 0.29) is 16.3 Å². The summed E-state index contributed by atoms with van der Waals surface area (Å²) in [6.45, 7) is 3.37. The molecule has 1 N–H and O–H groups in total. The molecule has 0 bridgehead atoms. The summed E-state index contributed by atoms with van der Waals surface area (Å²) in [4.78, 5) is 9.88. The van der Waals surface area contributed by atoms with Crippen molar-refractivity contribution < 1.29 is 10.0 Å². The standard InChI is InChI=1S/C9H8ClNO3/c1-2-9(12)7-5-6(11(13)14)3-4-8(7)10/h2-5,9,12H,1H2. The highest BCUT2D eigenvalue weighted by atomic mass is 35.5. The minimum absolute atomic E-state index is 0.106. The summed E-state index contributed by atoms with van der Waals surface area (Å²) in [5.41, 5.74) is 0.182. The number of nitro groups is 1. The fourth-order valence-electron chi connectivity index (χ4n) is 0.998. The van der Waals surface area contributed by atoms with Crippen LogP contribution in [0.4, 0.5) is 5.69 Å². The maximum absolute atomic E-state index is 10.4. The zero-order valence-electron chi connectivity index (χ0n) is 7.18. The van der Waals surface area contributed by atoms with Gasteiger partial charge in [-0.15, -0.1) is 6.58 Å². The number of benzene rings is 1. The predicted molar refractivity (Wildman–Crippen MR) is 53.3 cm³/mol. The van der Waals surface area contributed by atoms with E-state index in [1.54, 1.807) is 0 Å². The lowest BCUT2D eigenvalue weighted by Crippen LogP contribution is -1.96. The summed E-state index contributed by atoms with van der Waals surface area (Å²) >= 11 is 5.74. The number of halogens is 1. The normalized spacial score (nSPS) is 12.1. The molecule has 0 aliphatic heterocycles. The monoisotopic (exact) mass is 213 g/mol. The van der Waals surface area contributed by atoms with Gasteiger partial charge < -0.3 is 5.11 Å². The van der Waals surface area contributed by atoms with Gasteiger partial charge in [0.25, 0.3) is 5.69 Å². The molecule has 1 atom stereocenters. The number of hydrogen-bond donors (Lipinski definition) is 1. The molecule has 0 aliphatic carbocycles. The Morgan fingerprint density at radius 3 is 2.79 bits per heavy atom. The van der Waals surface area contributed by atoms with Gasteiger partial charge in [0.15, 0.2) is 0 Å². The van der Waals surface area contributed by atoms with E-state index >= 15 is 0 Å². The zero-order chi connectivity index (χ0) is 10.7.